The maximum atomic E-state index is 6.38. The molecule has 0 radical (unpaired) electrons. The maximum Gasteiger partial charge on any atom is 0.164 e. The Kier molecular flexibility index (Phi) is 5.19. The number of furan rings is 1. The average Bonchev–Trinajstić information content (AvgIpc) is 3.44. The van der Waals surface area contributed by atoms with E-state index in [1.165, 1.54) is 10.8 Å². The van der Waals surface area contributed by atoms with E-state index in [9.17, 15) is 0 Å². The molecular formula is C38H24N4O. The van der Waals surface area contributed by atoms with Crippen LogP contribution in [-0.4, -0.2) is 21.5 Å². The lowest BCUT2D eigenvalue weighted by atomic mass is 9.96. The molecule has 0 spiro atoms. The van der Waals surface area contributed by atoms with E-state index in [2.05, 4.69) is 90.3 Å². The number of benzene rings is 6. The third kappa shape index (κ3) is 3.82. The highest BCUT2D eigenvalue weighted by Crippen LogP contribution is 2.40. The molecule has 0 amide bonds. The first-order valence-corrected chi connectivity index (χ1v) is 14.4. The van der Waals surface area contributed by atoms with Crippen LogP contribution >= 0.6 is 0 Å². The minimum atomic E-state index is 0.611. The minimum Gasteiger partial charge on any atom is -0.456 e. The molecule has 0 saturated heterocycles. The van der Waals surface area contributed by atoms with Gasteiger partial charge in [0, 0.05) is 45.3 Å². The quantitative estimate of drug-likeness (QED) is 0.221. The van der Waals surface area contributed by atoms with Crippen molar-refractivity contribution >= 4 is 55.2 Å². The summed E-state index contributed by atoms with van der Waals surface area (Å²) in [6.07, 6.45) is 4.26. The van der Waals surface area contributed by atoms with E-state index in [1.807, 2.05) is 42.5 Å². The SMILES string of the molecule is C1=Cc2cc3oc4cccc(-c5nc(-c6ccccc6)nc(-c6cc7ccccc7c7ccccc67)n5)c4c3cc2NC1. The second-order valence-corrected chi connectivity index (χ2v) is 10.9. The number of nitrogens with zero attached hydrogens (tertiary/aromatic N) is 3. The molecule has 0 saturated carbocycles. The first-order chi connectivity index (χ1) is 21.3. The van der Waals surface area contributed by atoms with Gasteiger partial charge in [-0.1, -0.05) is 103 Å². The van der Waals surface area contributed by atoms with Gasteiger partial charge in [0.1, 0.15) is 11.2 Å². The first kappa shape index (κ1) is 23.9. The third-order valence-corrected chi connectivity index (χ3v) is 8.29. The number of nitrogens with one attached hydrogen (secondary N) is 1. The lowest BCUT2D eigenvalue weighted by Gasteiger charge is -2.13. The van der Waals surface area contributed by atoms with E-state index in [4.69, 9.17) is 19.4 Å². The lowest BCUT2D eigenvalue weighted by molar-refractivity contribution is 0.669. The van der Waals surface area contributed by atoms with Gasteiger partial charge in [0.25, 0.3) is 0 Å². The number of hydrogen-bond acceptors (Lipinski definition) is 5. The highest BCUT2D eigenvalue weighted by atomic mass is 16.3. The molecule has 202 valence electrons. The monoisotopic (exact) mass is 552 g/mol. The summed E-state index contributed by atoms with van der Waals surface area (Å²) in [6.45, 7) is 0.804. The van der Waals surface area contributed by atoms with Crippen molar-refractivity contribution in [2.45, 2.75) is 0 Å². The van der Waals surface area contributed by atoms with Crippen molar-refractivity contribution in [3.05, 3.63) is 127 Å². The summed E-state index contributed by atoms with van der Waals surface area (Å²) in [4.78, 5) is 15.3. The molecule has 9 rings (SSSR count). The largest absolute Gasteiger partial charge is 0.456 e. The van der Waals surface area contributed by atoms with E-state index in [0.717, 1.165) is 67.2 Å². The number of fused-ring (bicyclic) bond motifs is 7. The summed E-state index contributed by atoms with van der Waals surface area (Å²) < 4.78 is 6.38. The van der Waals surface area contributed by atoms with Crippen LogP contribution < -0.4 is 5.32 Å². The molecule has 1 N–H and O–H groups in total. The molecule has 3 heterocycles. The lowest BCUT2D eigenvalue weighted by Crippen LogP contribution is -2.03. The maximum absolute atomic E-state index is 6.38. The van der Waals surface area contributed by atoms with Gasteiger partial charge in [0.2, 0.25) is 0 Å². The van der Waals surface area contributed by atoms with Gasteiger partial charge in [0.15, 0.2) is 17.5 Å². The Hall–Kier alpha value is -5.81. The second kappa shape index (κ2) is 9.36. The van der Waals surface area contributed by atoms with E-state index < -0.39 is 0 Å². The standard InChI is InChI=1S/C38H24N4O/c1-2-10-23(11-3-1)36-40-37(29-17-8-18-33-35(29)31-22-32-25(13-9-19-39-32)21-34(31)43-33)42-38(41-36)30-20-24-12-4-5-14-26(24)27-15-6-7-16-28(27)30/h1-18,20-22,39H,19H2. The van der Waals surface area contributed by atoms with Crippen molar-refractivity contribution in [2.75, 3.05) is 11.9 Å². The number of hydrogen-bond donors (Lipinski definition) is 1. The molecule has 0 aliphatic carbocycles. The topological polar surface area (TPSA) is 63.8 Å². The smallest absolute Gasteiger partial charge is 0.164 e. The average molecular weight is 553 g/mol. The number of aromatic nitrogens is 3. The summed E-state index contributed by atoms with van der Waals surface area (Å²) in [5.74, 6) is 1.88. The van der Waals surface area contributed by atoms with Crippen LogP contribution in [0.5, 0.6) is 0 Å². The molecule has 0 unspecified atom stereocenters. The Morgan fingerprint density at radius 3 is 2.19 bits per heavy atom. The zero-order chi connectivity index (χ0) is 28.3. The normalized spacial score (nSPS) is 12.7. The predicted molar refractivity (Wildman–Crippen MR) is 176 cm³/mol. The summed E-state index contributed by atoms with van der Waals surface area (Å²) in [7, 11) is 0. The van der Waals surface area contributed by atoms with Crippen LogP contribution in [0.25, 0.3) is 83.7 Å². The Labute approximate surface area is 247 Å². The molecule has 0 atom stereocenters. The van der Waals surface area contributed by atoms with Gasteiger partial charge in [-0.25, -0.2) is 15.0 Å². The summed E-state index contributed by atoms with van der Waals surface area (Å²) in [5, 5.41) is 10.2. The van der Waals surface area contributed by atoms with Crippen molar-refractivity contribution < 1.29 is 4.42 Å². The fourth-order valence-electron chi connectivity index (χ4n) is 6.29. The fraction of sp³-hybridized carbons (Fsp3) is 0.0263. The molecule has 43 heavy (non-hydrogen) atoms. The zero-order valence-electron chi connectivity index (χ0n) is 23.1. The zero-order valence-corrected chi connectivity index (χ0v) is 23.1. The third-order valence-electron chi connectivity index (χ3n) is 8.29. The Morgan fingerprint density at radius 1 is 0.558 bits per heavy atom. The molecular weight excluding hydrogens is 528 g/mol. The van der Waals surface area contributed by atoms with Gasteiger partial charge in [0.05, 0.1) is 0 Å². The summed E-state index contributed by atoms with van der Waals surface area (Å²) in [6, 6.07) is 39.7. The Balaban J connectivity index is 1.35. The van der Waals surface area contributed by atoms with Gasteiger partial charge < -0.3 is 9.73 Å². The van der Waals surface area contributed by atoms with Crippen molar-refractivity contribution in [1.82, 2.24) is 15.0 Å². The molecule has 5 nitrogen and oxygen atoms in total. The van der Waals surface area contributed by atoms with Crippen LogP contribution in [0.1, 0.15) is 5.56 Å². The van der Waals surface area contributed by atoms with E-state index in [0.29, 0.717) is 17.5 Å². The van der Waals surface area contributed by atoms with Crippen LogP contribution in [-0.2, 0) is 0 Å². The van der Waals surface area contributed by atoms with Crippen LogP contribution in [0.3, 0.4) is 0 Å². The van der Waals surface area contributed by atoms with Crippen molar-refractivity contribution in [1.29, 1.82) is 0 Å². The van der Waals surface area contributed by atoms with Gasteiger partial charge in [-0.2, -0.15) is 0 Å². The van der Waals surface area contributed by atoms with Crippen LogP contribution in [0.15, 0.2) is 126 Å². The molecule has 6 aromatic carbocycles. The van der Waals surface area contributed by atoms with E-state index >= 15 is 0 Å². The molecule has 5 heteroatoms. The van der Waals surface area contributed by atoms with Gasteiger partial charge in [-0.15, -0.1) is 0 Å². The van der Waals surface area contributed by atoms with Crippen LogP contribution in [0.4, 0.5) is 5.69 Å². The Morgan fingerprint density at radius 2 is 1.30 bits per heavy atom. The molecule has 0 bridgehead atoms. The van der Waals surface area contributed by atoms with Crippen LogP contribution in [0, 0.1) is 0 Å². The number of anilines is 1. The van der Waals surface area contributed by atoms with Gasteiger partial charge in [-0.3, -0.25) is 0 Å². The highest BCUT2D eigenvalue weighted by molar-refractivity contribution is 6.15. The first-order valence-electron chi connectivity index (χ1n) is 14.4. The predicted octanol–water partition coefficient (Wildman–Crippen LogP) is 9.52. The van der Waals surface area contributed by atoms with Crippen molar-refractivity contribution in [3.63, 3.8) is 0 Å². The molecule has 1 aliphatic heterocycles. The molecule has 0 fully saturated rings. The van der Waals surface area contributed by atoms with Gasteiger partial charge in [-0.05, 0) is 45.8 Å². The summed E-state index contributed by atoms with van der Waals surface area (Å²) >= 11 is 0. The van der Waals surface area contributed by atoms with Gasteiger partial charge >= 0.3 is 0 Å². The van der Waals surface area contributed by atoms with Crippen molar-refractivity contribution in [3.8, 4) is 34.2 Å². The summed E-state index contributed by atoms with van der Waals surface area (Å²) in [5.41, 5.74) is 6.68. The molecule has 1 aliphatic rings. The number of rotatable bonds is 3. The minimum absolute atomic E-state index is 0.611. The fourth-order valence-corrected chi connectivity index (χ4v) is 6.29. The second-order valence-electron chi connectivity index (χ2n) is 10.9. The highest BCUT2D eigenvalue weighted by Gasteiger charge is 2.20. The van der Waals surface area contributed by atoms with Crippen molar-refractivity contribution in [2.24, 2.45) is 0 Å². The van der Waals surface area contributed by atoms with E-state index in [-0.39, 0.29) is 0 Å². The molecule has 8 aromatic rings. The van der Waals surface area contributed by atoms with E-state index in [1.54, 1.807) is 0 Å². The Bertz CT molecular complexity index is 2410. The molecule has 2 aromatic heterocycles. The van der Waals surface area contributed by atoms with Crippen LogP contribution in [0.2, 0.25) is 0 Å².